The molecule has 10 nitrogen and oxygen atoms in total. The van der Waals surface area contributed by atoms with Gasteiger partial charge in [-0.3, -0.25) is 9.48 Å². The summed E-state index contributed by atoms with van der Waals surface area (Å²) >= 11 is 0. The average Bonchev–Trinajstić information content (AvgIpc) is 3.66. The second-order valence-electron chi connectivity index (χ2n) is 11.5. The van der Waals surface area contributed by atoms with Crippen molar-refractivity contribution in [3.05, 3.63) is 84.2 Å². The van der Waals surface area contributed by atoms with Gasteiger partial charge in [-0.2, -0.15) is 5.10 Å². The number of esters is 1. The van der Waals surface area contributed by atoms with E-state index in [1.165, 1.54) is 0 Å². The summed E-state index contributed by atoms with van der Waals surface area (Å²) in [7, 11) is 0. The second-order valence-corrected chi connectivity index (χ2v) is 11.5. The Morgan fingerprint density at radius 2 is 1.80 bits per heavy atom. The van der Waals surface area contributed by atoms with Crippen LogP contribution in [-0.2, 0) is 27.3 Å². The minimum Gasteiger partial charge on any atom is -0.487 e. The summed E-state index contributed by atoms with van der Waals surface area (Å²) < 4.78 is 18.9. The second kappa shape index (κ2) is 12.9. The molecule has 3 heterocycles. The topological polar surface area (TPSA) is 122 Å². The van der Waals surface area contributed by atoms with Gasteiger partial charge in [0.15, 0.2) is 0 Å². The molecule has 5 aromatic rings. The molecule has 2 aromatic heterocycles. The number of likely N-dealkylation sites (tertiary alicyclic amines) is 1. The van der Waals surface area contributed by atoms with E-state index in [-0.39, 0.29) is 37.2 Å². The number of carbonyl (C=O) groups excluding carboxylic acids is 2. The first kappa shape index (κ1) is 29.9. The molecule has 10 heteroatoms. The summed E-state index contributed by atoms with van der Waals surface area (Å²) in [5.74, 6) is 0.784. The van der Waals surface area contributed by atoms with Crippen molar-refractivity contribution in [1.82, 2.24) is 19.7 Å². The lowest BCUT2D eigenvalue weighted by molar-refractivity contribution is -0.142. The molecule has 1 aliphatic heterocycles. The maximum absolute atomic E-state index is 12.6. The molecule has 45 heavy (non-hydrogen) atoms. The molecule has 0 spiro atoms. The van der Waals surface area contributed by atoms with Gasteiger partial charge in [0.2, 0.25) is 0 Å². The van der Waals surface area contributed by atoms with Crippen LogP contribution in [0, 0.1) is 0 Å². The maximum Gasteiger partial charge on any atom is 0.410 e. The number of aromatic nitrogens is 3. The van der Waals surface area contributed by atoms with Gasteiger partial charge in [0.05, 0.1) is 30.7 Å². The highest BCUT2D eigenvalue weighted by Gasteiger charge is 2.31. The lowest BCUT2D eigenvalue weighted by Crippen LogP contribution is -2.31. The number of nitrogens with zero attached hydrogens (tertiary/aromatic N) is 4. The molecule has 1 fully saturated rings. The van der Waals surface area contributed by atoms with E-state index in [0.717, 1.165) is 50.5 Å². The van der Waals surface area contributed by atoms with E-state index < -0.39 is 0 Å². The first-order valence-corrected chi connectivity index (χ1v) is 15.3. The van der Waals surface area contributed by atoms with Crippen LogP contribution in [0.1, 0.15) is 44.5 Å². The van der Waals surface area contributed by atoms with E-state index in [2.05, 4.69) is 35.3 Å². The molecule has 3 aromatic carbocycles. The van der Waals surface area contributed by atoms with Gasteiger partial charge >= 0.3 is 12.1 Å². The number of nitrogen functional groups attached to an aromatic ring is 1. The number of nitrogens with two attached hydrogens (primary N) is 1. The van der Waals surface area contributed by atoms with Crippen LogP contribution in [0.5, 0.6) is 5.75 Å². The largest absolute Gasteiger partial charge is 0.487 e. The summed E-state index contributed by atoms with van der Waals surface area (Å²) in [5.41, 5.74) is 10.7. The lowest BCUT2D eigenvalue weighted by atomic mass is 10.00. The number of pyridine rings is 1. The van der Waals surface area contributed by atoms with Gasteiger partial charge in [0, 0.05) is 35.6 Å². The van der Waals surface area contributed by atoms with Crippen LogP contribution in [0.25, 0.3) is 32.8 Å². The molecule has 0 aliphatic carbocycles. The Morgan fingerprint density at radius 1 is 1.02 bits per heavy atom. The van der Waals surface area contributed by atoms with E-state index in [1.54, 1.807) is 18.0 Å². The van der Waals surface area contributed by atoms with Gasteiger partial charge in [0.25, 0.3) is 0 Å². The van der Waals surface area contributed by atoms with Crippen LogP contribution in [0.3, 0.4) is 0 Å². The van der Waals surface area contributed by atoms with Crippen LogP contribution < -0.4 is 10.5 Å². The van der Waals surface area contributed by atoms with Gasteiger partial charge in [-0.15, -0.1) is 0 Å². The Bertz CT molecular complexity index is 1870. The number of hydrogen-bond acceptors (Lipinski definition) is 8. The molecule has 2 N–H and O–H groups in total. The van der Waals surface area contributed by atoms with Crippen LogP contribution in [0.4, 0.5) is 10.6 Å². The SMILES string of the molecule is CCOC(=O)Cc1ccccc1OCc1nn([C@H]2CCN(C(=O)OC(C)C)C2)c2ccc(-c3ccc4ccnc(N)c4c3)cc12. The third-order valence-corrected chi connectivity index (χ3v) is 7.99. The maximum atomic E-state index is 12.6. The standard InChI is InChI=1S/C35H37N5O5/c1-4-43-33(41)19-26-7-5-6-8-32(26)44-21-30-29-18-25(24-10-9-23-13-15-37-34(36)28(23)17-24)11-12-31(29)40(38-30)27-14-16-39(20-27)35(42)45-22(2)3/h5-13,15,17-18,22,27H,4,14,16,19-21H2,1-3H3,(H2,36,37)/t27-/m0/s1. The average molecular weight is 608 g/mol. The number of rotatable bonds is 9. The molecular weight excluding hydrogens is 570 g/mol. The smallest absolute Gasteiger partial charge is 0.410 e. The van der Waals surface area contributed by atoms with Crippen molar-refractivity contribution in [3.63, 3.8) is 0 Å². The first-order chi connectivity index (χ1) is 21.8. The Balaban J connectivity index is 1.35. The summed E-state index contributed by atoms with van der Waals surface area (Å²) in [6.45, 7) is 7.09. The molecular formula is C35H37N5O5. The number of ether oxygens (including phenoxy) is 3. The summed E-state index contributed by atoms with van der Waals surface area (Å²) in [4.78, 5) is 30.9. The molecule has 6 rings (SSSR count). The van der Waals surface area contributed by atoms with Crippen molar-refractivity contribution in [2.45, 2.75) is 52.4 Å². The summed E-state index contributed by atoms with van der Waals surface area (Å²) in [6, 6.07) is 21.8. The van der Waals surface area contributed by atoms with Gasteiger partial charge in [-0.05, 0) is 74.0 Å². The van der Waals surface area contributed by atoms with E-state index in [4.69, 9.17) is 25.0 Å². The Hall–Kier alpha value is -5.12. The number of para-hydroxylation sites is 1. The summed E-state index contributed by atoms with van der Waals surface area (Å²) in [5, 5.41) is 7.91. The number of benzene rings is 3. The molecule has 1 atom stereocenters. The molecule has 1 aliphatic rings. The lowest BCUT2D eigenvalue weighted by Gasteiger charge is -2.18. The fraction of sp³-hybridized carbons (Fsp3) is 0.314. The number of anilines is 1. The number of amides is 1. The molecule has 232 valence electrons. The fourth-order valence-electron chi connectivity index (χ4n) is 5.83. The third-order valence-electron chi connectivity index (χ3n) is 7.99. The van der Waals surface area contributed by atoms with Crippen molar-refractivity contribution < 1.29 is 23.8 Å². The number of hydrogen-bond donors (Lipinski definition) is 1. The molecule has 0 unspecified atom stereocenters. The fourth-order valence-corrected chi connectivity index (χ4v) is 5.83. The van der Waals surface area contributed by atoms with Crippen molar-refractivity contribution in [3.8, 4) is 16.9 Å². The quantitative estimate of drug-likeness (QED) is 0.194. The van der Waals surface area contributed by atoms with Gasteiger partial charge in [-0.1, -0.05) is 36.4 Å². The zero-order chi connectivity index (χ0) is 31.5. The van der Waals surface area contributed by atoms with Crippen molar-refractivity contribution in [1.29, 1.82) is 0 Å². The number of carbonyl (C=O) groups is 2. The molecule has 1 amide bonds. The van der Waals surface area contributed by atoms with Crippen molar-refractivity contribution in [2.75, 3.05) is 25.4 Å². The highest BCUT2D eigenvalue weighted by atomic mass is 16.6. The van der Waals surface area contributed by atoms with Gasteiger partial charge in [-0.25, -0.2) is 9.78 Å². The van der Waals surface area contributed by atoms with Crippen molar-refractivity contribution >= 4 is 39.6 Å². The first-order valence-electron chi connectivity index (χ1n) is 15.3. The van der Waals surface area contributed by atoms with E-state index >= 15 is 0 Å². The summed E-state index contributed by atoms with van der Waals surface area (Å²) in [6.07, 6.45) is 2.09. The Labute approximate surface area is 261 Å². The zero-order valence-corrected chi connectivity index (χ0v) is 25.7. The minimum absolute atomic E-state index is 0.0190. The monoisotopic (exact) mass is 607 g/mol. The van der Waals surface area contributed by atoms with Gasteiger partial charge in [0.1, 0.15) is 23.9 Å². The highest BCUT2D eigenvalue weighted by molar-refractivity contribution is 5.95. The predicted octanol–water partition coefficient (Wildman–Crippen LogP) is 6.31. The van der Waals surface area contributed by atoms with E-state index in [1.807, 2.05) is 54.9 Å². The molecule has 0 bridgehead atoms. The highest BCUT2D eigenvalue weighted by Crippen LogP contribution is 2.34. The Morgan fingerprint density at radius 3 is 2.60 bits per heavy atom. The van der Waals surface area contributed by atoms with Crippen molar-refractivity contribution in [2.24, 2.45) is 0 Å². The minimum atomic E-state index is -0.307. The number of fused-ring (bicyclic) bond motifs is 2. The Kier molecular flexibility index (Phi) is 8.55. The normalized spacial score (nSPS) is 14.8. The molecule has 0 saturated carbocycles. The van der Waals surface area contributed by atoms with Gasteiger partial charge < -0.3 is 24.8 Å². The van der Waals surface area contributed by atoms with E-state index in [0.29, 0.717) is 31.3 Å². The predicted molar refractivity (Wildman–Crippen MR) is 173 cm³/mol. The van der Waals surface area contributed by atoms with Crippen LogP contribution >= 0.6 is 0 Å². The zero-order valence-electron chi connectivity index (χ0n) is 25.7. The third kappa shape index (κ3) is 6.40. The van der Waals surface area contributed by atoms with Crippen LogP contribution in [0.15, 0.2) is 72.9 Å². The van der Waals surface area contributed by atoms with Crippen LogP contribution in [0.2, 0.25) is 0 Å². The van der Waals surface area contributed by atoms with E-state index in [9.17, 15) is 9.59 Å². The molecule has 0 radical (unpaired) electrons. The van der Waals surface area contributed by atoms with Crippen LogP contribution in [-0.4, -0.2) is 57.5 Å². The molecule has 1 saturated heterocycles.